The third-order valence-corrected chi connectivity index (χ3v) is 2.65. The number of Topliss-reactive ketones (excluding diaryl/α,β-unsaturated/α-hetero) is 1. The first-order valence-electron chi connectivity index (χ1n) is 6.07. The van der Waals surface area contributed by atoms with Gasteiger partial charge in [-0.1, -0.05) is 11.6 Å². The predicted octanol–water partition coefficient (Wildman–Crippen LogP) is 1.84. The van der Waals surface area contributed by atoms with Crippen LogP contribution in [0.1, 0.15) is 46.0 Å². The van der Waals surface area contributed by atoms with E-state index < -0.39 is 11.8 Å². The van der Waals surface area contributed by atoms with Crippen molar-refractivity contribution in [3.05, 3.63) is 0 Å². The number of nitrogens with zero attached hydrogens (tertiary/aromatic N) is 1. The maximum atomic E-state index is 11.4. The average molecular weight is 241 g/mol. The van der Waals surface area contributed by atoms with Crippen molar-refractivity contribution in [2.45, 2.75) is 52.1 Å². The molecule has 0 heterocycles. The van der Waals surface area contributed by atoms with Crippen LogP contribution < -0.4 is 0 Å². The summed E-state index contributed by atoms with van der Waals surface area (Å²) in [5, 5.41) is 3.66. The normalized spacial score (nSPS) is 17.6. The number of rotatable bonds is 5. The maximum absolute atomic E-state index is 11.4. The van der Waals surface area contributed by atoms with Crippen LogP contribution in [0.4, 0.5) is 0 Å². The van der Waals surface area contributed by atoms with Gasteiger partial charge in [-0.2, -0.15) is 0 Å². The summed E-state index contributed by atoms with van der Waals surface area (Å²) in [4.78, 5) is 27.9. The molecule has 96 valence electrons. The molecule has 0 radical (unpaired) electrons. The number of ether oxygens (including phenoxy) is 1. The minimum absolute atomic E-state index is 0.0209. The minimum atomic E-state index is -0.712. The number of hydrogen-bond acceptors (Lipinski definition) is 5. The topological polar surface area (TPSA) is 65.0 Å². The van der Waals surface area contributed by atoms with Crippen LogP contribution >= 0.6 is 0 Å². The summed E-state index contributed by atoms with van der Waals surface area (Å²) in [5.74, 6) is -1.14. The zero-order valence-corrected chi connectivity index (χ0v) is 10.4. The first-order chi connectivity index (χ1) is 8.15. The molecule has 1 aliphatic carbocycles. The molecule has 0 spiro atoms. The minimum Gasteiger partial charge on any atom is -0.461 e. The summed E-state index contributed by atoms with van der Waals surface area (Å²) in [6.45, 7) is 3.17. The largest absolute Gasteiger partial charge is 0.461 e. The zero-order valence-electron chi connectivity index (χ0n) is 10.4. The summed E-state index contributed by atoms with van der Waals surface area (Å²) in [7, 11) is 0. The van der Waals surface area contributed by atoms with Gasteiger partial charge in [-0.25, -0.2) is 4.79 Å². The van der Waals surface area contributed by atoms with Crippen molar-refractivity contribution < 1.29 is 19.2 Å². The van der Waals surface area contributed by atoms with Crippen molar-refractivity contribution in [3.8, 4) is 0 Å². The van der Waals surface area contributed by atoms with Gasteiger partial charge < -0.3 is 9.57 Å². The van der Waals surface area contributed by atoms with E-state index >= 15 is 0 Å². The number of esters is 1. The molecule has 5 heteroatoms. The van der Waals surface area contributed by atoms with Gasteiger partial charge in [0.2, 0.25) is 5.71 Å². The van der Waals surface area contributed by atoms with Crippen molar-refractivity contribution >= 4 is 17.5 Å². The summed E-state index contributed by atoms with van der Waals surface area (Å²) in [6.07, 6.45) is 5.30. The molecular weight excluding hydrogens is 222 g/mol. The van der Waals surface area contributed by atoms with E-state index in [2.05, 4.69) is 5.16 Å². The quantitative estimate of drug-likeness (QED) is 0.319. The van der Waals surface area contributed by atoms with Gasteiger partial charge in [-0.15, -0.1) is 0 Å². The molecule has 0 bridgehead atoms. The van der Waals surface area contributed by atoms with Gasteiger partial charge >= 0.3 is 5.97 Å². The summed E-state index contributed by atoms with van der Waals surface area (Å²) in [5.41, 5.74) is -0.252. The Morgan fingerprint density at radius 1 is 1.24 bits per heavy atom. The average Bonchev–Trinajstić information content (AvgIpc) is 2.30. The van der Waals surface area contributed by atoms with E-state index in [1.54, 1.807) is 6.92 Å². The monoisotopic (exact) mass is 241 g/mol. The van der Waals surface area contributed by atoms with Crippen LogP contribution in [0.2, 0.25) is 0 Å². The second kappa shape index (κ2) is 7.04. The van der Waals surface area contributed by atoms with Gasteiger partial charge in [0.15, 0.2) is 5.78 Å². The highest BCUT2D eigenvalue weighted by Crippen LogP contribution is 2.20. The Morgan fingerprint density at radius 2 is 1.88 bits per heavy atom. The maximum Gasteiger partial charge on any atom is 0.364 e. The molecule has 0 aliphatic heterocycles. The van der Waals surface area contributed by atoms with Gasteiger partial charge in [0.05, 0.1) is 6.61 Å². The van der Waals surface area contributed by atoms with Crippen LogP contribution in [0.25, 0.3) is 0 Å². The second-order valence-electron chi connectivity index (χ2n) is 4.08. The molecule has 5 nitrogen and oxygen atoms in total. The van der Waals surface area contributed by atoms with E-state index in [-0.39, 0.29) is 18.4 Å². The van der Waals surface area contributed by atoms with Crippen molar-refractivity contribution in [3.63, 3.8) is 0 Å². The van der Waals surface area contributed by atoms with E-state index in [0.29, 0.717) is 0 Å². The third-order valence-electron chi connectivity index (χ3n) is 2.65. The molecule has 0 aromatic rings. The molecule has 17 heavy (non-hydrogen) atoms. The lowest BCUT2D eigenvalue weighted by atomic mass is 9.98. The highest BCUT2D eigenvalue weighted by Gasteiger charge is 2.21. The second-order valence-corrected chi connectivity index (χ2v) is 4.08. The fraction of sp³-hybridized carbons (Fsp3) is 0.750. The van der Waals surface area contributed by atoms with E-state index in [1.165, 1.54) is 13.3 Å². The van der Waals surface area contributed by atoms with Crippen molar-refractivity contribution in [2.24, 2.45) is 5.16 Å². The lowest BCUT2D eigenvalue weighted by molar-refractivity contribution is -0.136. The van der Waals surface area contributed by atoms with Gasteiger partial charge in [0, 0.05) is 6.92 Å². The van der Waals surface area contributed by atoms with E-state index in [1.807, 2.05) is 0 Å². The van der Waals surface area contributed by atoms with Gasteiger partial charge in [-0.05, 0) is 32.6 Å². The Balaban J connectivity index is 2.56. The molecule has 1 fully saturated rings. The first kappa shape index (κ1) is 13.7. The van der Waals surface area contributed by atoms with Crippen LogP contribution in [0.5, 0.6) is 0 Å². The fourth-order valence-corrected chi connectivity index (χ4v) is 1.74. The Kier molecular flexibility index (Phi) is 5.66. The standard InChI is InChI=1S/C12H19NO4/c1-3-16-12(15)11(9(2)14)13-17-10-7-5-4-6-8-10/h10H,3-8H2,1-2H3/b13-11-. The molecule has 0 unspecified atom stereocenters. The van der Waals surface area contributed by atoms with Crippen LogP contribution in [-0.4, -0.2) is 30.2 Å². The van der Waals surface area contributed by atoms with Crippen molar-refractivity contribution in [1.29, 1.82) is 0 Å². The van der Waals surface area contributed by atoms with Crippen LogP contribution in [0, 0.1) is 0 Å². The van der Waals surface area contributed by atoms with Crippen LogP contribution in [0.3, 0.4) is 0 Å². The van der Waals surface area contributed by atoms with Crippen molar-refractivity contribution in [2.75, 3.05) is 6.61 Å². The molecule has 0 N–H and O–H groups in total. The first-order valence-corrected chi connectivity index (χ1v) is 6.07. The smallest absolute Gasteiger partial charge is 0.364 e. The highest BCUT2D eigenvalue weighted by atomic mass is 16.6. The number of ketones is 1. The van der Waals surface area contributed by atoms with Gasteiger partial charge in [0.25, 0.3) is 0 Å². The Hall–Kier alpha value is -1.39. The van der Waals surface area contributed by atoms with E-state index in [9.17, 15) is 9.59 Å². The highest BCUT2D eigenvalue weighted by molar-refractivity contribution is 6.63. The van der Waals surface area contributed by atoms with Gasteiger partial charge in [0.1, 0.15) is 6.10 Å². The van der Waals surface area contributed by atoms with E-state index in [4.69, 9.17) is 9.57 Å². The van der Waals surface area contributed by atoms with Crippen LogP contribution in [0.15, 0.2) is 5.16 Å². The van der Waals surface area contributed by atoms with Crippen LogP contribution in [-0.2, 0) is 19.2 Å². The van der Waals surface area contributed by atoms with Gasteiger partial charge in [-0.3, -0.25) is 4.79 Å². The summed E-state index contributed by atoms with van der Waals surface area (Å²) < 4.78 is 4.73. The van der Waals surface area contributed by atoms with E-state index in [0.717, 1.165) is 25.7 Å². The molecule has 0 atom stereocenters. The molecular formula is C12H19NO4. The predicted molar refractivity (Wildman–Crippen MR) is 62.7 cm³/mol. The number of oxime groups is 1. The zero-order chi connectivity index (χ0) is 12.7. The summed E-state index contributed by atoms with van der Waals surface area (Å²) >= 11 is 0. The molecule has 0 amide bonds. The molecule has 1 saturated carbocycles. The van der Waals surface area contributed by atoms with Crippen molar-refractivity contribution in [1.82, 2.24) is 0 Å². The third kappa shape index (κ3) is 4.54. The summed E-state index contributed by atoms with van der Waals surface area (Å²) in [6, 6.07) is 0. The Morgan fingerprint density at radius 3 is 2.41 bits per heavy atom. The Bertz CT molecular complexity index is 306. The fourth-order valence-electron chi connectivity index (χ4n) is 1.74. The molecule has 1 rings (SSSR count). The lowest BCUT2D eigenvalue weighted by Crippen LogP contribution is -2.26. The number of hydrogen-bond donors (Lipinski definition) is 0. The Labute approximate surface area is 101 Å². The lowest BCUT2D eigenvalue weighted by Gasteiger charge is -2.19. The molecule has 1 aliphatic rings. The number of carbonyl (C=O) groups is 2. The number of carbonyl (C=O) groups excluding carboxylic acids is 2. The molecule has 0 aromatic carbocycles. The molecule has 0 saturated heterocycles. The SMILES string of the molecule is CCOC(=O)/C(=N\OC1CCCCC1)C(C)=O. The molecule has 0 aromatic heterocycles.